The van der Waals surface area contributed by atoms with Crippen molar-refractivity contribution in [3.05, 3.63) is 71.5 Å². The van der Waals surface area contributed by atoms with Gasteiger partial charge < -0.3 is 9.30 Å². The molecular weight excluding hydrogens is 841 g/mol. The molecule has 2 amide bonds. The first-order chi connectivity index (χ1) is 27.7. The first-order valence-corrected chi connectivity index (χ1v) is 26.2. The molecule has 0 radical (unpaired) electrons. The van der Waals surface area contributed by atoms with Gasteiger partial charge in [0.25, 0.3) is 0 Å². The third-order valence-corrected chi connectivity index (χ3v) is 21.4. The maximum atomic E-state index is 14.0. The van der Waals surface area contributed by atoms with Crippen molar-refractivity contribution in [2.24, 2.45) is 11.3 Å². The minimum Gasteiger partial charge on any atom is -0.0563 e. The molecule has 4 aromatic rings. The molecule has 2 aliphatic heterocycles. The van der Waals surface area contributed by atoms with Crippen molar-refractivity contribution in [2.45, 2.75) is 89.2 Å². The number of ether oxygens (including phenoxy) is 3. The molecule has 4 heterocycles. The fourth-order valence-corrected chi connectivity index (χ4v) is 16.7. The molecule has 1 fully saturated rings. The van der Waals surface area contributed by atoms with Crippen LogP contribution in [0.2, 0.25) is 3.67 Å². The van der Waals surface area contributed by atoms with Gasteiger partial charge in [0, 0.05) is 37.0 Å². The van der Waals surface area contributed by atoms with Crippen molar-refractivity contribution in [3.63, 3.8) is 0 Å². The number of hydrogen-bond acceptors (Lipinski definition) is 9. The molecule has 58 heavy (non-hydrogen) atoms. The zero-order chi connectivity index (χ0) is 41.7. The maximum absolute atomic E-state index is 14.0. The van der Waals surface area contributed by atoms with Gasteiger partial charge in [-0.15, -0.1) is 0 Å². The Morgan fingerprint density at radius 1 is 1.16 bits per heavy atom. The molecule has 6 rings (SSSR count). The molecule has 0 saturated carbocycles. The SMILES string of the molecule is CCn1c(-c2cnccc2COC)c2c3cc(ccc31)-c1cc(O)cc(c1)C[C@H](NC(=O)[C@H](C(C)C)[In]1[CH2]OC[C]1=O)C(=O)NCCC[C@H]([NH3+])C(=O)OCC(C)(C)C2. The van der Waals surface area contributed by atoms with Gasteiger partial charge in [-0.25, -0.2) is 0 Å². The molecule has 6 N–H and O–H groups in total. The van der Waals surface area contributed by atoms with Crippen LogP contribution in [0.5, 0.6) is 5.75 Å². The number of rotatable bonds is 8. The minimum atomic E-state index is -3.11. The smallest absolute Gasteiger partial charge is 0.0563 e. The molecular formula is C44H57InN5O8+. The number of nitrogens with zero attached hydrogens (tertiary/aromatic N) is 2. The predicted molar refractivity (Wildman–Crippen MR) is 222 cm³/mol. The van der Waals surface area contributed by atoms with Gasteiger partial charge in [-0.05, 0) is 25.0 Å². The molecule has 1 saturated heterocycles. The van der Waals surface area contributed by atoms with Gasteiger partial charge in [0.15, 0.2) is 0 Å². The van der Waals surface area contributed by atoms with Crippen LogP contribution in [0, 0.1) is 11.3 Å². The summed E-state index contributed by atoms with van der Waals surface area (Å²) in [5.74, 6) is -1.18. The van der Waals surface area contributed by atoms with Crippen LogP contribution in [0.4, 0.5) is 0 Å². The number of carbonyl (C=O) groups excluding carboxylic acids is 4. The molecule has 14 heteroatoms. The Labute approximate surface area is 347 Å². The van der Waals surface area contributed by atoms with Crippen LogP contribution < -0.4 is 16.4 Å². The molecule has 0 unspecified atom stereocenters. The van der Waals surface area contributed by atoms with E-state index >= 15 is 0 Å². The van der Waals surface area contributed by atoms with Crippen LogP contribution >= 0.6 is 0 Å². The van der Waals surface area contributed by atoms with Crippen molar-refractivity contribution in [3.8, 4) is 28.1 Å². The zero-order valence-corrected chi connectivity index (χ0v) is 37.9. The van der Waals surface area contributed by atoms with E-state index in [1.807, 2.05) is 38.2 Å². The topological polar surface area (TPSA) is 186 Å². The Morgan fingerprint density at radius 3 is 2.66 bits per heavy atom. The molecule has 0 aliphatic carbocycles. The van der Waals surface area contributed by atoms with E-state index in [9.17, 15) is 24.3 Å². The number of phenolic OH excluding ortho intramolecular Hbond substituents is 1. The van der Waals surface area contributed by atoms with Gasteiger partial charge in [0.05, 0.1) is 18.9 Å². The van der Waals surface area contributed by atoms with Crippen LogP contribution in [-0.4, -0.2) is 101 Å². The number of phenols is 1. The Bertz CT molecular complexity index is 2170. The Balaban J connectivity index is 1.47. The Morgan fingerprint density at radius 2 is 1.95 bits per heavy atom. The number of aromatic nitrogens is 2. The van der Waals surface area contributed by atoms with Crippen LogP contribution in [0.15, 0.2) is 54.9 Å². The number of carbonyl (C=O) groups is 4. The van der Waals surface area contributed by atoms with Crippen LogP contribution in [0.3, 0.4) is 0 Å². The number of nitrogens with one attached hydrogen (secondary N) is 2. The predicted octanol–water partition coefficient (Wildman–Crippen LogP) is 4.10. The molecule has 2 aliphatic rings. The fourth-order valence-electron chi connectivity index (χ4n) is 8.46. The summed E-state index contributed by atoms with van der Waals surface area (Å²) in [5.41, 5.74) is 10.9. The second-order valence-corrected chi connectivity index (χ2v) is 25.2. The van der Waals surface area contributed by atoms with Crippen molar-refractivity contribution >= 4 is 53.7 Å². The summed E-state index contributed by atoms with van der Waals surface area (Å²) in [6, 6.07) is 11.9. The standard InChI is InChI=1S/C41H52N5O6.C3H4O2.In/c1-7-46-36-11-10-27-20-31(36)32(38(46)33-22-43-14-12-28(33)23-51-6)21-41(4,5)24-52-40(50)34(42)9-8-13-44-39(49)35(45-37(48)15-25(2)3)18-26-16-29(27)19-30(47)17-26;1-5-3-2-4;/h10-12,14-17,19-20,22,25,34-35,47H,7-9,13,18,21,23-24,42H2,1-6H3,(H,44,49)(H,45,48);1,3H2;/p+1/t34-,35-;;/m0../s1. The monoisotopic (exact) mass is 898 g/mol. The van der Waals surface area contributed by atoms with E-state index < -0.39 is 54.5 Å². The number of cyclic esters (lactones) is 1. The second-order valence-electron chi connectivity index (χ2n) is 16.9. The number of fused-ring (bicyclic) bond motifs is 4. The van der Waals surface area contributed by atoms with E-state index in [1.54, 1.807) is 25.4 Å². The van der Waals surface area contributed by atoms with Gasteiger partial charge in [0.1, 0.15) is 0 Å². The number of hydrogen-bond donors (Lipinski definition) is 4. The van der Waals surface area contributed by atoms with Crippen molar-refractivity contribution < 1.29 is 44.2 Å². The van der Waals surface area contributed by atoms with E-state index in [-0.39, 0.29) is 47.3 Å². The van der Waals surface area contributed by atoms with Gasteiger partial charge in [-0.1, -0.05) is 13.8 Å². The summed E-state index contributed by atoms with van der Waals surface area (Å²) in [5, 5.41) is 18.1. The number of quaternary nitrogens is 1. The van der Waals surface area contributed by atoms with E-state index in [0.717, 1.165) is 44.4 Å². The van der Waals surface area contributed by atoms with Crippen molar-refractivity contribution in [1.82, 2.24) is 20.2 Å². The molecule has 0 spiro atoms. The van der Waals surface area contributed by atoms with Crippen molar-refractivity contribution in [1.29, 1.82) is 0 Å². The summed E-state index contributed by atoms with van der Waals surface area (Å²) >= 11 is -3.11. The van der Waals surface area contributed by atoms with Crippen molar-refractivity contribution in [2.75, 3.05) is 31.2 Å². The Hall–Kier alpha value is -4.24. The molecule has 3 atom stereocenters. The van der Waals surface area contributed by atoms with Crippen LogP contribution in [-0.2, 0) is 59.4 Å². The first kappa shape index (κ1) is 43.3. The number of aryl methyl sites for hydroxylation is 1. The number of aromatic hydroxyl groups is 1. The average molecular weight is 899 g/mol. The summed E-state index contributed by atoms with van der Waals surface area (Å²) in [4.78, 5) is 58.5. The summed E-state index contributed by atoms with van der Waals surface area (Å²) in [6.07, 6.45) is 5.17. The molecule has 13 nitrogen and oxygen atoms in total. The minimum absolute atomic E-state index is 0.0289. The third-order valence-electron chi connectivity index (χ3n) is 11.4. The normalized spacial score (nSPS) is 19.9. The van der Waals surface area contributed by atoms with Crippen LogP contribution in [0.1, 0.15) is 64.2 Å². The van der Waals surface area contributed by atoms with Gasteiger partial charge >= 0.3 is 240 Å². The fraction of sp³-hybridized carbons (Fsp3) is 0.477. The molecule has 2 aromatic heterocycles. The average Bonchev–Trinajstić information content (AvgIpc) is 3.73. The van der Waals surface area contributed by atoms with E-state index in [4.69, 9.17) is 14.2 Å². The first-order valence-electron chi connectivity index (χ1n) is 20.3. The van der Waals surface area contributed by atoms with Crippen LogP contribution in [0.25, 0.3) is 33.3 Å². The number of benzene rings is 2. The van der Waals surface area contributed by atoms with E-state index in [1.165, 1.54) is 0 Å². The van der Waals surface area contributed by atoms with Gasteiger partial charge in [-0.2, -0.15) is 0 Å². The van der Waals surface area contributed by atoms with Gasteiger partial charge in [0.2, 0.25) is 0 Å². The number of pyridine rings is 1. The Kier molecular flexibility index (Phi) is 14.0. The van der Waals surface area contributed by atoms with Gasteiger partial charge in [-0.3, -0.25) is 4.98 Å². The molecule has 4 bridgehead atoms. The summed E-state index contributed by atoms with van der Waals surface area (Å²) < 4.78 is 19.3. The number of esters is 1. The molecule has 308 valence electrons. The third kappa shape index (κ3) is 9.78. The number of amides is 2. The summed E-state index contributed by atoms with van der Waals surface area (Å²) in [6.45, 7) is 11.7. The van der Waals surface area contributed by atoms with E-state index in [2.05, 4.69) is 58.8 Å². The summed E-state index contributed by atoms with van der Waals surface area (Å²) in [7, 11) is 1.67. The quantitative estimate of drug-likeness (QED) is 0.189. The number of methoxy groups -OCH3 is 1. The second kappa shape index (κ2) is 18.8. The van der Waals surface area contributed by atoms with E-state index in [0.29, 0.717) is 42.3 Å². The zero-order valence-electron chi connectivity index (χ0n) is 34.6. The molecule has 2 aromatic carbocycles.